The van der Waals surface area contributed by atoms with E-state index in [-0.39, 0.29) is 16.2 Å². The Hall–Kier alpha value is -2.97. The number of anilines is 2. The van der Waals surface area contributed by atoms with Gasteiger partial charge in [0, 0.05) is 27.0 Å². The minimum absolute atomic E-state index is 0.0278. The van der Waals surface area contributed by atoms with Gasteiger partial charge in [0.15, 0.2) is 5.78 Å². The maximum atomic E-state index is 12.6. The number of carbonyl (C=O) groups is 2. The predicted octanol–water partition coefficient (Wildman–Crippen LogP) is 4.70. The molecule has 3 aromatic rings. The molecule has 0 saturated carbocycles. The molecule has 0 aliphatic heterocycles. The lowest BCUT2D eigenvalue weighted by atomic mass is 10.1. The number of carbonyl (C=O) groups excluding carboxylic acids is 2. The summed E-state index contributed by atoms with van der Waals surface area (Å²) in [7, 11) is -3.85. The smallest absolute Gasteiger partial charge is 0.261 e. The van der Waals surface area contributed by atoms with Crippen molar-refractivity contribution in [3.05, 3.63) is 88.4 Å². The van der Waals surface area contributed by atoms with Crippen LogP contribution in [0.1, 0.15) is 27.6 Å². The molecule has 2 N–H and O–H groups in total. The first-order valence-corrected chi connectivity index (χ1v) is 10.8. The van der Waals surface area contributed by atoms with Gasteiger partial charge in [0.1, 0.15) is 0 Å². The third-order valence-electron chi connectivity index (χ3n) is 4.05. The Labute approximate surface area is 177 Å². The molecule has 29 heavy (non-hydrogen) atoms. The molecule has 1 amide bonds. The Morgan fingerprint density at radius 1 is 0.828 bits per heavy atom. The number of rotatable bonds is 6. The number of benzene rings is 3. The molecule has 0 heterocycles. The minimum atomic E-state index is -3.85. The van der Waals surface area contributed by atoms with Crippen LogP contribution >= 0.6 is 15.9 Å². The van der Waals surface area contributed by atoms with E-state index in [1.165, 1.54) is 31.2 Å². The first-order valence-electron chi connectivity index (χ1n) is 8.55. The molecule has 0 radical (unpaired) electrons. The normalized spacial score (nSPS) is 11.0. The first-order chi connectivity index (χ1) is 13.7. The van der Waals surface area contributed by atoms with E-state index in [4.69, 9.17) is 0 Å². The lowest BCUT2D eigenvalue weighted by Gasteiger charge is -2.10. The minimum Gasteiger partial charge on any atom is -0.322 e. The average molecular weight is 473 g/mol. The first kappa shape index (κ1) is 20.8. The highest BCUT2D eigenvalue weighted by Crippen LogP contribution is 2.20. The van der Waals surface area contributed by atoms with Crippen molar-refractivity contribution in [3.63, 3.8) is 0 Å². The molecule has 0 unspecified atom stereocenters. The summed E-state index contributed by atoms with van der Waals surface area (Å²) in [5.41, 5.74) is 1.64. The monoisotopic (exact) mass is 472 g/mol. The summed E-state index contributed by atoms with van der Waals surface area (Å²) in [6.07, 6.45) is 0. The molecule has 0 saturated heterocycles. The zero-order valence-corrected chi connectivity index (χ0v) is 17.7. The Bertz CT molecular complexity index is 1160. The Balaban J connectivity index is 1.78. The van der Waals surface area contributed by atoms with Gasteiger partial charge in [0.25, 0.3) is 15.9 Å². The molecule has 0 aliphatic rings. The second-order valence-corrected chi connectivity index (χ2v) is 8.83. The molecule has 0 aromatic heterocycles. The highest BCUT2D eigenvalue weighted by atomic mass is 79.9. The summed E-state index contributed by atoms with van der Waals surface area (Å²) in [4.78, 5) is 23.8. The second kappa shape index (κ2) is 8.59. The van der Waals surface area contributed by atoms with Crippen LogP contribution in [0.2, 0.25) is 0 Å². The number of halogens is 1. The number of hydrogen-bond donors (Lipinski definition) is 2. The van der Waals surface area contributed by atoms with E-state index in [1.54, 1.807) is 48.5 Å². The van der Waals surface area contributed by atoms with E-state index in [0.29, 0.717) is 16.9 Å². The third-order valence-corrected chi connectivity index (χ3v) is 5.96. The summed E-state index contributed by atoms with van der Waals surface area (Å²) in [6, 6.07) is 18.9. The van der Waals surface area contributed by atoms with Crippen LogP contribution < -0.4 is 10.0 Å². The van der Waals surface area contributed by atoms with Gasteiger partial charge in [-0.25, -0.2) is 8.42 Å². The zero-order valence-electron chi connectivity index (χ0n) is 15.3. The van der Waals surface area contributed by atoms with Gasteiger partial charge in [0.2, 0.25) is 0 Å². The zero-order chi connectivity index (χ0) is 21.0. The molecule has 6 nitrogen and oxygen atoms in total. The third kappa shape index (κ3) is 5.30. The quantitative estimate of drug-likeness (QED) is 0.508. The van der Waals surface area contributed by atoms with Gasteiger partial charge in [-0.2, -0.15) is 0 Å². The van der Waals surface area contributed by atoms with Crippen molar-refractivity contribution in [3.8, 4) is 0 Å². The summed E-state index contributed by atoms with van der Waals surface area (Å²) in [6.45, 7) is 1.46. The van der Waals surface area contributed by atoms with Crippen molar-refractivity contribution in [2.75, 3.05) is 10.0 Å². The van der Waals surface area contributed by atoms with Crippen molar-refractivity contribution in [1.29, 1.82) is 0 Å². The molecule has 3 aromatic carbocycles. The van der Waals surface area contributed by atoms with Crippen molar-refractivity contribution in [2.24, 2.45) is 0 Å². The fraction of sp³-hybridized carbons (Fsp3) is 0.0476. The van der Waals surface area contributed by atoms with E-state index in [0.717, 1.165) is 4.47 Å². The fourth-order valence-corrected chi connectivity index (χ4v) is 3.90. The van der Waals surface area contributed by atoms with Crippen molar-refractivity contribution in [2.45, 2.75) is 11.8 Å². The van der Waals surface area contributed by atoms with Gasteiger partial charge in [0.05, 0.1) is 4.90 Å². The van der Waals surface area contributed by atoms with E-state index < -0.39 is 15.9 Å². The SMILES string of the molecule is CC(=O)c1ccc(NC(=O)c2cccc(S(=O)(=O)Nc3ccc(Br)cc3)c2)cc1. The maximum absolute atomic E-state index is 12.6. The van der Waals surface area contributed by atoms with Crippen molar-refractivity contribution < 1.29 is 18.0 Å². The second-order valence-electron chi connectivity index (χ2n) is 6.23. The molecule has 0 atom stereocenters. The van der Waals surface area contributed by atoms with Crippen molar-refractivity contribution in [1.82, 2.24) is 0 Å². The van der Waals surface area contributed by atoms with Crippen LogP contribution in [0.5, 0.6) is 0 Å². The van der Waals surface area contributed by atoms with Crippen LogP contribution in [-0.4, -0.2) is 20.1 Å². The van der Waals surface area contributed by atoms with Gasteiger partial charge in [-0.15, -0.1) is 0 Å². The van der Waals surface area contributed by atoms with E-state index >= 15 is 0 Å². The van der Waals surface area contributed by atoms with Crippen LogP contribution in [0.15, 0.2) is 82.2 Å². The molecule has 3 rings (SSSR count). The molecular weight excluding hydrogens is 456 g/mol. The number of Topliss-reactive ketones (excluding diaryl/α,β-unsaturated/α-hetero) is 1. The van der Waals surface area contributed by atoms with Gasteiger partial charge >= 0.3 is 0 Å². The van der Waals surface area contributed by atoms with Gasteiger partial charge in [-0.3, -0.25) is 14.3 Å². The van der Waals surface area contributed by atoms with Crippen LogP contribution in [0, 0.1) is 0 Å². The fourth-order valence-electron chi connectivity index (χ4n) is 2.53. The Morgan fingerprint density at radius 3 is 2.07 bits per heavy atom. The molecule has 0 aliphatic carbocycles. The lowest BCUT2D eigenvalue weighted by Crippen LogP contribution is -2.16. The Morgan fingerprint density at radius 2 is 1.45 bits per heavy atom. The molecule has 0 bridgehead atoms. The van der Waals surface area contributed by atoms with Crippen LogP contribution in [-0.2, 0) is 10.0 Å². The molecular formula is C21H17BrN2O4S. The van der Waals surface area contributed by atoms with E-state index in [9.17, 15) is 18.0 Å². The molecule has 148 valence electrons. The lowest BCUT2D eigenvalue weighted by molar-refractivity contribution is 0.101. The molecule has 0 fully saturated rings. The molecule has 8 heteroatoms. The summed E-state index contributed by atoms with van der Waals surface area (Å²) >= 11 is 3.30. The maximum Gasteiger partial charge on any atom is 0.261 e. The van der Waals surface area contributed by atoms with Crippen LogP contribution in [0.3, 0.4) is 0 Å². The van der Waals surface area contributed by atoms with Crippen molar-refractivity contribution >= 4 is 49.0 Å². The summed E-state index contributed by atoms with van der Waals surface area (Å²) in [5, 5.41) is 2.69. The number of hydrogen-bond acceptors (Lipinski definition) is 4. The van der Waals surface area contributed by atoms with Crippen LogP contribution in [0.4, 0.5) is 11.4 Å². The molecule has 0 spiro atoms. The summed E-state index contributed by atoms with van der Waals surface area (Å²) in [5.74, 6) is -0.527. The number of nitrogens with one attached hydrogen (secondary N) is 2. The van der Waals surface area contributed by atoms with Crippen LogP contribution in [0.25, 0.3) is 0 Å². The largest absolute Gasteiger partial charge is 0.322 e. The van der Waals surface area contributed by atoms with E-state index in [1.807, 2.05) is 0 Å². The van der Waals surface area contributed by atoms with Gasteiger partial charge in [-0.05, 0) is 73.7 Å². The average Bonchev–Trinajstić information content (AvgIpc) is 2.70. The topological polar surface area (TPSA) is 92.3 Å². The van der Waals surface area contributed by atoms with E-state index in [2.05, 4.69) is 26.0 Å². The van der Waals surface area contributed by atoms with Gasteiger partial charge in [-0.1, -0.05) is 22.0 Å². The number of sulfonamides is 1. The predicted molar refractivity (Wildman–Crippen MR) is 116 cm³/mol. The van der Waals surface area contributed by atoms with Gasteiger partial charge < -0.3 is 5.32 Å². The highest BCUT2D eigenvalue weighted by Gasteiger charge is 2.17. The standard InChI is InChI=1S/C21H17BrN2O4S/c1-14(25)15-5-9-18(10-6-15)23-21(26)16-3-2-4-20(13-16)29(27,28)24-19-11-7-17(22)8-12-19/h2-13,24H,1H3,(H,23,26). The number of amides is 1. The highest BCUT2D eigenvalue weighted by molar-refractivity contribution is 9.10. The summed E-state index contributed by atoms with van der Waals surface area (Å²) < 4.78 is 28.6. The number of ketones is 1. The Kier molecular flexibility index (Phi) is 6.14.